The van der Waals surface area contributed by atoms with Crippen molar-refractivity contribution >= 4 is 21.7 Å². The first-order valence-corrected chi connectivity index (χ1v) is 6.65. The Hall–Kier alpha value is -1.81. The lowest BCUT2D eigenvalue weighted by atomic mass is 10.0. The van der Waals surface area contributed by atoms with Crippen LogP contribution in [0.1, 0.15) is 20.7 Å². The molecule has 98 valence electrons. The molecule has 3 nitrogen and oxygen atoms in total. The summed E-state index contributed by atoms with van der Waals surface area (Å²) in [6, 6.07) is 14.0. The Labute approximate surface area is 120 Å². The molecule has 0 aliphatic heterocycles. The predicted octanol–water partition coefficient (Wildman–Crippen LogP) is 3.72. The second-order valence-corrected chi connectivity index (χ2v) is 4.94. The van der Waals surface area contributed by atoms with Gasteiger partial charge in [0.2, 0.25) is 0 Å². The van der Waals surface area contributed by atoms with Gasteiger partial charge in [-0.05, 0) is 23.8 Å². The van der Waals surface area contributed by atoms with Crippen molar-refractivity contribution < 1.29 is 14.6 Å². The molecule has 2 rings (SSSR count). The van der Waals surface area contributed by atoms with Crippen LogP contribution in [0.25, 0.3) is 0 Å². The number of halogens is 1. The van der Waals surface area contributed by atoms with E-state index >= 15 is 0 Å². The van der Waals surface area contributed by atoms with E-state index in [2.05, 4.69) is 15.9 Å². The SMILES string of the molecule is COc1cc(C(=O)C(Br)c2ccccc2)ccc1O. The topological polar surface area (TPSA) is 46.5 Å². The van der Waals surface area contributed by atoms with Gasteiger partial charge in [-0.2, -0.15) is 0 Å². The highest BCUT2D eigenvalue weighted by Gasteiger charge is 2.19. The van der Waals surface area contributed by atoms with Gasteiger partial charge in [0, 0.05) is 5.56 Å². The smallest absolute Gasteiger partial charge is 0.181 e. The van der Waals surface area contributed by atoms with Gasteiger partial charge in [0.1, 0.15) is 4.83 Å². The Morgan fingerprint density at radius 1 is 1.21 bits per heavy atom. The molecule has 1 atom stereocenters. The minimum absolute atomic E-state index is 0.0184. The van der Waals surface area contributed by atoms with Crippen molar-refractivity contribution in [1.29, 1.82) is 0 Å². The van der Waals surface area contributed by atoms with Gasteiger partial charge in [-0.15, -0.1) is 0 Å². The normalized spacial score (nSPS) is 11.9. The van der Waals surface area contributed by atoms with E-state index in [9.17, 15) is 9.90 Å². The van der Waals surface area contributed by atoms with Gasteiger partial charge in [-0.3, -0.25) is 4.79 Å². The second-order valence-electron chi connectivity index (χ2n) is 4.02. The number of hydrogen-bond donors (Lipinski definition) is 1. The van der Waals surface area contributed by atoms with Gasteiger partial charge in [0.05, 0.1) is 7.11 Å². The molecule has 2 aromatic carbocycles. The Bertz CT molecular complexity index is 581. The highest BCUT2D eigenvalue weighted by atomic mass is 79.9. The van der Waals surface area contributed by atoms with E-state index in [0.29, 0.717) is 11.3 Å². The molecule has 19 heavy (non-hydrogen) atoms. The van der Waals surface area contributed by atoms with Crippen LogP contribution in [0, 0.1) is 0 Å². The fraction of sp³-hybridized carbons (Fsp3) is 0.133. The molecule has 4 heteroatoms. The van der Waals surface area contributed by atoms with E-state index in [4.69, 9.17) is 4.74 Å². The van der Waals surface area contributed by atoms with Crippen LogP contribution < -0.4 is 4.74 Å². The number of phenolic OH excluding ortho intramolecular Hbond substituents is 1. The van der Waals surface area contributed by atoms with Crippen LogP contribution in [0.5, 0.6) is 11.5 Å². The third-order valence-corrected chi connectivity index (χ3v) is 3.73. The number of Topliss-reactive ketones (excluding diaryl/α,β-unsaturated/α-hetero) is 1. The zero-order valence-corrected chi connectivity index (χ0v) is 11.9. The van der Waals surface area contributed by atoms with Gasteiger partial charge >= 0.3 is 0 Å². The molecule has 0 radical (unpaired) electrons. The Morgan fingerprint density at radius 2 is 1.89 bits per heavy atom. The molecule has 0 aliphatic carbocycles. The second kappa shape index (κ2) is 5.89. The van der Waals surface area contributed by atoms with Crippen LogP contribution in [0.4, 0.5) is 0 Å². The number of rotatable bonds is 4. The van der Waals surface area contributed by atoms with Crippen molar-refractivity contribution in [2.75, 3.05) is 7.11 Å². The Balaban J connectivity index is 2.29. The summed E-state index contributed by atoms with van der Waals surface area (Å²) in [6.07, 6.45) is 0. The molecular formula is C15H13BrO3. The number of methoxy groups -OCH3 is 1. The first-order valence-electron chi connectivity index (χ1n) is 5.73. The molecule has 0 amide bonds. The zero-order valence-electron chi connectivity index (χ0n) is 10.3. The molecule has 1 unspecified atom stereocenters. The van der Waals surface area contributed by atoms with Gasteiger partial charge in [-0.25, -0.2) is 0 Å². The third kappa shape index (κ3) is 2.96. The van der Waals surface area contributed by atoms with Crippen LogP contribution in [-0.4, -0.2) is 18.0 Å². The fourth-order valence-corrected chi connectivity index (χ4v) is 2.32. The van der Waals surface area contributed by atoms with Gasteiger partial charge in [0.25, 0.3) is 0 Å². The van der Waals surface area contributed by atoms with E-state index in [0.717, 1.165) is 5.56 Å². The van der Waals surface area contributed by atoms with Gasteiger partial charge in [-0.1, -0.05) is 46.3 Å². The van der Waals surface area contributed by atoms with E-state index in [1.807, 2.05) is 30.3 Å². The average molecular weight is 321 g/mol. The number of hydrogen-bond acceptors (Lipinski definition) is 3. The van der Waals surface area contributed by atoms with Crippen molar-refractivity contribution in [3.05, 3.63) is 59.7 Å². The zero-order chi connectivity index (χ0) is 13.8. The molecule has 2 aromatic rings. The average Bonchev–Trinajstić information content (AvgIpc) is 2.47. The summed E-state index contributed by atoms with van der Waals surface area (Å²) in [5, 5.41) is 9.52. The third-order valence-electron chi connectivity index (χ3n) is 2.79. The molecule has 1 N–H and O–H groups in total. The highest BCUT2D eigenvalue weighted by Crippen LogP contribution is 2.31. The fourth-order valence-electron chi connectivity index (χ4n) is 1.75. The van der Waals surface area contributed by atoms with Crippen LogP contribution in [0.2, 0.25) is 0 Å². The summed E-state index contributed by atoms with van der Waals surface area (Å²) in [4.78, 5) is 11.9. The van der Waals surface area contributed by atoms with Gasteiger partial charge in [0.15, 0.2) is 17.3 Å². The molecular weight excluding hydrogens is 308 g/mol. The molecule has 0 spiro atoms. The van der Waals surface area contributed by atoms with E-state index in [-0.39, 0.29) is 11.5 Å². The quantitative estimate of drug-likeness (QED) is 0.690. The summed E-state index contributed by atoms with van der Waals surface area (Å²) in [6.45, 7) is 0. The number of aromatic hydroxyl groups is 1. The summed E-state index contributed by atoms with van der Waals surface area (Å²) in [7, 11) is 1.45. The largest absolute Gasteiger partial charge is 0.504 e. The van der Waals surface area contributed by atoms with Crippen LogP contribution >= 0.6 is 15.9 Å². The van der Waals surface area contributed by atoms with Crippen molar-refractivity contribution in [2.24, 2.45) is 0 Å². The van der Waals surface area contributed by atoms with E-state index in [1.54, 1.807) is 6.07 Å². The first kappa shape index (κ1) is 13.6. The summed E-state index contributed by atoms with van der Waals surface area (Å²) in [5.41, 5.74) is 1.37. The Morgan fingerprint density at radius 3 is 2.53 bits per heavy atom. The van der Waals surface area contributed by atoms with E-state index in [1.165, 1.54) is 19.2 Å². The number of phenols is 1. The minimum atomic E-state index is -0.414. The maximum Gasteiger partial charge on any atom is 0.181 e. The summed E-state index contributed by atoms with van der Waals surface area (Å²) in [5.74, 6) is 0.230. The number of ether oxygens (including phenoxy) is 1. The lowest BCUT2D eigenvalue weighted by Gasteiger charge is -2.11. The molecule has 0 aromatic heterocycles. The first-order chi connectivity index (χ1) is 9.13. The van der Waals surface area contributed by atoms with Gasteiger partial charge < -0.3 is 9.84 Å². The molecule has 0 saturated heterocycles. The standard InChI is InChI=1S/C15H13BrO3/c1-19-13-9-11(7-8-12(13)17)15(18)14(16)10-5-3-2-4-6-10/h2-9,14,17H,1H3. The van der Waals surface area contributed by atoms with Crippen molar-refractivity contribution in [1.82, 2.24) is 0 Å². The summed E-state index contributed by atoms with van der Waals surface area (Å²) < 4.78 is 5.00. The van der Waals surface area contributed by atoms with Crippen LogP contribution in [0.15, 0.2) is 48.5 Å². The maximum atomic E-state index is 12.3. The van der Waals surface area contributed by atoms with E-state index < -0.39 is 4.83 Å². The van der Waals surface area contributed by atoms with Crippen LogP contribution in [-0.2, 0) is 0 Å². The van der Waals surface area contributed by atoms with Crippen molar-refractivity contribution in [3.63, 3.8) is 0 Å². The van der Waals surface area contributed by atoms with Crippen molar-refractivity contribution in [3.8, 4) is 11.5 Å². The van der Waals surface area contributed by atoms with Crippen molar-refractivity contribution in [2.45, 2.75) is 4.83 Å². The predicted molar refractivity (Wildman–Crippen MR) is 77.1 cm³/mol. The maximum absolute atomic E-state index is 12.3. The number of alkyl halides is 1. The number of carbonyl (C=O) groups is 1. The Kier molecular flexibility index (Phi) is 4.22. The highest BCUT2D eigenvalue weighted by molar-refractivity contribution is 9.09. The lowest BCUT2D eigenvalue weighted by Crippen LogP contribution is -2.07. The van der Waals surface area contributed by atoms with Crippen LogP contribution in [0.3, 0.4) is 0 Å². The molecule has 0 aliphatic rings. The molecule has 0 saturated carbocycles. The minimum Gasteiger partial charge on any atom is -0.504 e. The molecule has 0 bridgehead atoms. The number of benzene rings is 2. The molecule has 0 heterocycles. The number of ketones is 1. The molecule has 0 fully saturated rings. The summed E-state index contributed by atoms with van der Waals surface area (Å²) >= 11 is 3.40. The lowest BCUT2D eigenvalue weighted by molar-refractivity contribution is 0.0991. The number of carbonyl (C=O) groups excluding carboxylic acids is 1. The monoisotopic (exact) mass is 320 g/mol.